The lowest BCUT2D eigenvalue weighted by atomic mass is 9.98. The quantitative estimate of drug-likeness (QED) is 0.613. The van der Waals surface area contributed by atoms with Crippen LogP contribution in [0.4, 0.5) is 0 Å². The Morgan fingerprint density at radius 3 is 2.54 bits per heavy atom. The van der Waals surface area contributed by atoms with Crippen molar-refractivity contribution in [2.24, 2.45) is 12.8 Å². The predicted octanol–water partition coefficient (Wildman–Crippen LogP) is 3.69. The standard InChI is InChI=1S/C21H20N4O/c1-25-12-11-23-21(25)20(22)17-13-19(14-7-9-15(26-2)10-8-14)24-18-6-4-3-5-16(17)18/h3-13,20H,22H2,1-2H3. The Morgan fingerprint density at radius 2 is 1.85 bits per heavy atom. The minimum atomic E-state index is -0.333. The molecule has 0 aliphatic heterocycles. The number of nitrogens with two attached hydrogens (primary N) is 1. The molecule has 0 radical (unpaired) electrons. The molecule has 5 nitrogen and oxygen atoms in total. The highest BCUT2D eigenvalue weighted by Gasteiger charge is 2.18. The first-order chi connectivity index (χ1) is 12.7. The van der Waals surface area contributed by atoms with Gasteiger partial charge in [0.1, 0.15) is 11.6 Å². The average molecular weight is 344 g/mol. The summed E-state index contributed by atoms with van der Waals surface area (Å²) >= 11 is 0. The molecular formula is C21H20N4O. The zero-order chi connectivity index (χ0) is 18.1. The summed E-state index contributed by atoms with van der Waals surface area (Å²) in [7, 11) is 3.61. The van der Waals surface area contributed by atoms with Gasteiger partial charge in [-0.25, -0.2) is 9.97 Å². The van der Waals surface area contributed by atoms with Crippen molar-refractivity contribution in [1.82, 2.24) is 14.5 Å². The van der Waals surface area contributed by atoms with E-state index in [1.54, 1.807) is 13.3 Å². The maximum atomic E-state index is 6.59. The number of benzene rings is 2. The Balaban J connectivity index is 1.89. The van der Waals surface area contributed by atoms with Crippen LogP contribution < -0.4 is 10.5 Å². The molecule has 2 aromatic heterocycles. The fraction of sp³-hybridized carbons (Fsp3) is 0.143. The van der Waals surface area contributed by atoms with E-state index in [9.17, 15) is 0 Å². The van der Waals surface area contributed by atoms with E-state index < -0.39 is 0 Å². The second kappa shape index (κ2) is 6.61. The normalized spacial score (nSPS) is 12.3. The van der Waals surface area contributed by atoms with Gasteiger partial charge in [-0.15, -0.1) is 0 Å². The van der Waals surface area contributed by atoms with E-state index >= 15 is 0 Å². The van der Waals surface area contributed by atoms with Gasteiger partial charge in [0.25, 0.3) is 0 Å². The van der Waals surface area contributed by atoms with Gasteiger partial charge in [-0.05, 0) is 42.0 Å². The largest absolute Gasteiger partial charge is 0.497 e. The van der Waals surface area contributed by atoms with Gasteiger partial charge in [0.05, 0.1) is 24.4 Å². The molecule has 0 bridgehead atoms. The van der Waals surface area contributed by atoms with E-state index in [0.29, 0.717) is 0 Å². The van der Waals surface area contributed by atoms with Crippen molar-refractivity contribution in [3.05, 3.63) is 78.4 Å². The van der Waals surface area contributed by atoms with Gasteiger partial charge in [0.2, 0.25) is 0 Å². The summed E-state index contributed by atoms with van der Waals surface area (Å²) in [6.07, 6.45) is 3.67. The number of hydrogen-bond donors (Lipinski definition) is 1. The van der Waals surface area contributed by atoms with Crippen molar-refractivity contribution in [1.29, 1.82) is 0 Å². The lowest BCUT2D eigenvalue weighted by molar-refractivity contribution is 0.415. The third-order valence-corrected chi connectivity index (χ3v) is 4.61. The number of aryl methyl sites for hydroxylation is 1. The summed E-state index contributed by atoms with van der Waals surface area (Å²) in [6.45, 7) is 0. The molecule has 26 heavy (non-hydrogen) atoms. The average Bonchev–Trinajstić information content (AvgIpc) is 3.12. The number of rotatable bonds is 4. The Morgan fingerprint density at radius 1 is 1.08 bits per heavy atom. The summed E-state index contributed by atoms with van der Waals surface area (Å²) in [5, 5.41) is 1.04. The van der Waals surface area contributed by atoms with Crippen LogP contribution in [0.1, 0.15) is 17.4 Å². The van der Waals surface area contributed by atoms with Crippen LogP contribution >= 0.6 is 0 Å². The van der Waals surface area contributed by atoms with E-state index in [0.717, 1.165) is 39.3 Å². The van der Waals surface area contributed by atoms with Crippen molar-refractivity contribution in [3.8, 4) is 17.0 Å². The van der Waals surface area contributed by atoms with Crippen LogP contribution in [0.5, 0.6) is 5.75 Å². The molecule has 1 atom stereocenters. The number of imidazole rings is 1. The van der Waals surface area contributed by atoms with Crippen LogP contribution in [0.2, 0.25) is 0 Å². The minimum absolute atomic E-state index is 0.333. The van der Waals surface area contributed by atoms with Gasteiger partial charge >= 0.3 is 0 Å². The van der Waals surface area contributed by atoms with Crippen molar-refractivity contribution in [2.45, 2.75) is 6.04 Å². The van der Waals surface area contributed by atoms with Crippen LogP contribution in [0.25, 0.3) is 22.2 Å². The highest BCUT2D eigenvalue weighted by molar-refractivity contribution is 5.86. The van der Waals surface area contributed by atoms with Crippen LogP contribution in [0.3, 0.4) is 0 Å². The first-order valence-corrected chi connectivity index (χ1v) is 8.44. The summed E-state index contributed by atoms with van der Waals surface area (Å²) in [4.78, 5) is 9.25. The fourth-order valence-corrected chi connectivity index (χ4v) is 3.19. The van der Waals surface area contributed by atoms with E-state index in [2.05, 4.69) is 17.1 Å². The highest BCUT2D eigenvalue weighted by Crippen LogP contribution is 2.30. The van der Waals surface area contributed by atoms with Gasteiger partial charge < -0.3 is 15.0 Å². The highest BCUT2D eigenvalue weighted by atomic mass is 16.5. The van der Waals surface area contributed by atoms with E-state index in [1.165, 1.54) is 0 Å². The zero-order valence-corrected chi connectivity index (χ0v) is 14.8. The third kappa shape index (κ3) is 2.82. The van der Waals surface area contributed by atoms with Crippen molar-refractivity contribution in [3.63, 3.8) is 0 Å². The Bertz CT molecular complexity index is 1050. The molecule has 0 amide bonds. The number of hydrogen-bond acceptors (Lipinski definition) is 4. The SMILES string of the molecule is COc1ccc(-c2cc(C(N)c3nccn3C)c3ccccc3n2)cc1. The molecule has 0 spiro atoms. The number of fused-ring (bicyclic) bond motifs is 1. The maximum absolute atomic E-state index is 6.59. The van der Waals surface area contributed by atoms with Gasteiger partial charge in [0.15, 0.2) is 0 Å². The van der Waals surface area contributed by atoms with Crippen molar-refractivity contribution < 1.29 is 4.74 Å². The first-order valence-electron chi connectivity index (χ1n) is 8.44. The second-order valence-electron chi connectivity index (χ2n) is 6.22. The van der Waals surface area contributed by atoms with E-state index in [1.807, 2.05) is 60.3 Å². The van der Waals surface area contributed by atoms with Crippen LogP contribution in [0.15, 0.2) is 67.0 Å². The van der Waals surface area contributed by atoms with Crippen molar-refractivity contribution in [2.75, 3.05) is 7.11 Å². The summed E-state index contributed by atoms with van der Waals surface area (Å²) in [6, 6.07) is 17.7. The molecule has 0 aliphatic rings. The molecule has 2 heterocycles. The van der Waals surface area contributed by atoms with Crippen molar-refractivity contribution >= 4 is 10.9 Å². The Hall–Kier alpha value is -3.18. The Labute approximate surface area is 152 Å². The fourth-order valence-electron chi connectivity index (χ4n) is 3.19. The summed E-state index contributed by atoms with van der Waals surface area (Å²) in [5.41, 5.74) is 10.4. The van der Waals surface area contributed by atoms with Crippen LogP contribution in [0, 0.1) is 0 Å². The summed E-state index contributed by atoms with van der Waals surface area (Å²) in [5.74, 6) is 1.64. The van der Waals surface area contributed by atoms with Gasteiger partial charge in [-0.1, -0.05) is 18.2 Å². The lowest BCUT2D eigenvalue weighted by Gasteiger charge is -2.16. The molecule has 5 heteroatoms. The van der Waals surface area contributed by atoms with E-state index in [4.69, 9.17) is 15.5 Å². The molecular weight excluding hydrogens is 324 g/mol. The molecule has 0 saturated carbocycles. The number of ether oxygens (including phenoxy) is 1. The van der Waals surface area contributed by atoms with Gasteiger partial charge in [0, 0.05) is 30.4 Å². The smallest absolute Gasteiger partial charge is 0.129 e. The topological polar surface area (TPSA) is 66.0 Å². The van der Waals surface area contributed by atoms with Gasteiger partial charge in [-0.2, -0.15) is 0 Å². The summed E-state index contributed by atoms with van der Waals surface area (Å²) < 4.78 is 7.20. The number of nitrogens with zero attached hydrogens (tertiary/aromatic N) is 3. The number of para-hydroxylation sites is 1. The third-order valence-electron chi connectivity index (χ3n) is 4.61. The molecule has 2 aromatic carbocycles. The molecule has 1 unspecified atom stereocenters. The number of aromatic nitrogens is 3. The minimum Gasteiger partial charge on any atom is -0.497 e. The first kappa shape index (κ1) is 16.3. The lowest BCUT2D eigenvalue weighted by Crippen LogP contribution is -2.17. The van der Waals surface area contributed by atoms with Crippen LogP contribution in [-0.4, -0.2) is 21.6 Å². The molecule has 2 N–H and O–H groups in total. The molecule has 0 saturated heterocycles. The monoisotopic (exact) mass is 344 g/mol. The Kier molecular flexibility index (Phi) is 4.14. The number of pyridine rings is 1. The molecule has 4 rings (SSSR count). The predicted molar refractivity (Wildman–Crippen MR) is 103 cm³/mol. The van der Waals surface area contributed by atoms with Gasteiger partial charge in [-0.3, -0.25) is 0 Å². The second-order valence-corrected chi connectivity index (χ2v) is 6.22. The molecule has 130 valence electrons. The van der Waals surface area contributed by atoms with Crippen LogP contribution in [-0.2, 0) is 7.05 Å². The molecule has 0 aliphatic carbocycles. The molecule has 4 aromatic rings. The molecule has 0 fully saturated rings. The van der Waals surface area contributed by atoms with E-state index in [-0.39, 0.29) is 6.04 Å². The number of methoxy groups -OCH3 is 1. The maximum Gasteiger partial charge on any atom is 0.129 e. The zero-order valence-electron chi connectivity index (χ0n) is 14.8.